The molecule has 1 saturated heterocycles. The summed E-state index contributed by atoms with van der Waals surface area (Å²) in [6.07, 6.45) is 64.1. The molecule has 420 valence electrons. The number of esters is 1. The first-order valence-electron chi connectivity index (χ1n) is 30.4. The second kappa shape index (κ2) is 53.7. The zero-order valence-corrected chi connectivity index (χ0v) is 46.7. The van der Waals surface area contributed by atoms with Gasteiger partial charge in [0.05, 0.1) is 19.8 Å². The van der Waals surface area contributed by atoms with E-state index >= 15 is 0 Å². The van der Waals surface area contributed by atoms with Crippen LogP contribution in [0.4, 0.5) is 0 Å². The van der Waals surface area contributed by atoms with E-state index in [1.165, 1.54) is 199 Å². The second-order valence-electron chi connectivity index (χ2n) is 20.8. The molecule has 1 aliphatic heterocycles. The number of aliphatic hydroxyl groups is 4. The molecule has 4 N–H and O–H groups in total. The Hall–Kier alpha value is -2.11. The molecule has 1 fully saturated rings. The Morgan fingerprint density at radius 1 is 0.444 bits per heavy atom. The molecule has 0 aromatic carbocycles. The molecular formula is C63H114O9. The maximum Gasteiger partial charge on any atom is 0.306 e. The van der Waals surface area contributed by atoms with Crippen molar-refractivity contribution in [3.63, 3.8) is 0 Å². The summed E-state index contributed by atoms with van der Waals surface area (Å²) in [6.45, 7) is 4.56. The van der Waals surface area contributed by atoms with E-state index in [9.17, 15) is 25.2 Å². The lowest BCUT2D eigenvalue weighted by atomic mass is 9.99. The molecule has 6 unspecified atom stereocenters. The van der Waals surface area contributed by atoms with Crippen molar-refractivity contribution in [3.8, 4) is 0 Å². The quantitative estimate of drug-likeness (QED) is 0.0267. The summed E-state index contributed by atoms with van der Waals surface area (Å²) in [6, 6.07) is 0. The Bertz CT molecular complexity index is 1290. The smallest absolute Gasteiger partial charge is 0.306 e. The molecule has 0 saturated carbocycles. The number of rotatable bonds is 53. The van der Waals surface area contributed by atoms with Crippen molar-refractivity contribution in [2.45, 2.75) is 307 Å². The first-order chi connectivity index (χ1) is 35.4. The lowest BCUT2D eigenvalue weighted by Gasteiger charge is -2.39. The molecule has 0 aromatic heterocycles. The van der Waals surface area contributed by atoms with Gasteiger partial charge in [0.15, 0.2) is 6.29 Å². The average Bonchev–Trinajstić information content (AvgIpc) is 3.38. The SMILES string of the molecule is CCCCCCC/C=C\C/C=C\C/C=C\CCCCCCCCCCCOCC(COC1OC(CO)C(O)C(O)C1O)OC(=O)CCCCCCCCCCCCCCC/C=C\C/C=C\CCCCCCC. The van der Waals surface area contributed by atoms with Crippen molar-refractivity contribution in [2.75, 3.05) is 26.4 Å². The molecule has 9 nitrogen and oxygen atoms in total. The summed E-state index contributed by atoms with van der Waals surface area (Å²) < 4.78 is 23.0. The van der Waals surface area contributed by atoms with Gasteiger partial charge in [-0.15, -0.1) is 0 Å². The van der Waals surface area contributed by atoms with Crippen molar-refractivity contribution in [1.29, 1.82) is 0 Å². The van der Waals surface area contributed by atoms with Crippen LogP contribution in [0, 0.1) is 0 Å². The lowest BCUT2D eigenvalue weighted by molar-refractivity contribution is -0.305. The van der Waals surface area contributed by atoms with Crippen molar-refractivity contribution in [3.05, 3.63) is 60.8 Å². The minimum atomic E-state index is -1.54. The highest BCUT2D eigenvalue weighted by atomic mass is 16.7. The maximum atomic E-state index is 12.9. The van der Waals surface area contributed by atoms with Crippen LogP contribution < -0.4 is 0 Å². The van der Waals surface area contributed by atoms with E-state index in [-0.39, 0.29) is 19.2 Å². The second-order valence-corrected chi connectivity index (χ2v) is 20.8. The number of carbonyl (C=O) groups is 1. The van der Waals surface area contributed by atoms with Crippen molar-refractivity contribution in [2.24, 2.45) is 0 Å². The Labute approximate surface area is 443 Å². The molecule has 72 heavy (non-hydrogen) atoms. The summed E-state index contributed by atoms with van der Waals surface area (Å²) >= 11 is 0. The summed E-state index contributed by atoms with van der Waals surface area (Å²) in [5.41, 5.74) is 0. The molecule has 0 aromatic rings. The third-order valence-corrected chi connectivity index (χ3v) is 13.9. The highest BCUT2D eigenvalue weighted by molar-refractivity contribution is 5.69. The first kappa shape index (κ1) is 67.9. The Morgan fingerprint density at radius 3 is 1.21 bits per heavy atom. The monoisotopic (exact) mass is 1010 g/mol. The highest BCUT2D eigenvalue weighted by Crippen LogP contribution is 2.23. The van der Waals surface area contributed by atoms with Crippen LogP contribution in [0.1, 0.15) is 271 Å². The maximum absolute atomic E-state index is 12.9. The van der Waals surface area contributed by atoms with E-state index in [1.807, 2.05) is 0 Å². The van der Waals surface area contributed by atoms with E-state index < -0.39 is 43.4 Å². The van der Waals surface area contributed by atoms with Gasteiger partial charge >= 0.3 is 5.97 Å². The van der Waals surface area contributed by atoms with Crippen LogP contribution in [0.15, 0.2) is 60.8 Å². The largest absolute Gasteiger partial charge is 0.457 e. The van der Waals surface area contributed by atoms with E-state index in [2.05, 4.69) is 74.6 Å². The molecule has 1 rings (SSSR count). The number of allylic oxidation sites excluding steroid dienone is 10. The predicted octanol–water partition coefficient (Wildman–Crippen LogP) is 16.2. The summed E-state index contributed by atoms with van der Waals surface area (Å²) in [7, 11) is 0. The molecule has 1 aliphatic rings. The zero-order valence-electron chi connectivity index (χ0n) is 46.7. The van der Waals surface area contributed by atoms with Gasteiger partial charge in [0.25, 0.3) is 0 Å². The first-order valence-corrected chi connectivity index (χ1v) is 30.4. The number of aliphatic hydroxyl groups excluding tert-OH is 4. The molecule has 0 aliphatic carbocycles. The Morgan fingerprint density at radius 2 is 0.806 bits per heavy atom. The van der Waals surface area contributed by atoms with Crippen LogP contribution in [0.2, 0.25) is 0 Å². The van der Waals surface area contributed by atoms with Gasteiger partial charge in [0.2, 0.25) is 0 Å². The minimum Gasteiger partial charge on any atom is -0.457 e. The predicted molar refractivity (Wildman–Crippen MR) is 302 cm³/mol. The van der Waals surface area contributed by atoms with Crippen molar-refractivity contribution >= 4 is 5.97 Å². The highest BCUT2D eigenvalue weighted by Gasteiger charge is 2.44. The van der Waals surface area contributed by atoms with Gasteiger partial charge in [-0.3, -0.25) is 4.79 Å². The van der Waals surface area contributed by atoms with Crippen molar-refractivity contribution in [1.82, 2.24) is 0 Å². The number of unbranched alkanes of at least 4 members (excludes halogenated alkanes) is 32. The minimum absolute atomic E-state index is 0.116. The molecular weight excluding hydrogens is 901 g/mol. The fourth-order valence-corrected chi connectivity index (χ4v) is 9.18. The topological polar surface area (TPSA) is 135 Å². The molecule has 6 atom stereocenters. The standard InChI is InChI=1S/C63H114O9/c1-3-5-7-9-11-13-15-17-19-21-23-25-27-29-30-32-34-36-38-40-42-44-46-48-50-52-59(65)71-57(56-70-63-62(68)61(67)60(66)58(54-64)72-63)55-69-53-51-49-47-45-43-41-39-37-35-33-31-28-26-24-22-20-18-16-14-12-10-8-6-4-2/h15-18,21-24,28,31,57-58,60-64,66-68H,3-14,19-20,25-27,29-30,32-56H2,1-2H3/b17-15-,18-16-,23-21-,24-22-,31-28-. The van der Waals surface area contributed by atoms with Gasteiger partial charge in [0, 0.05) is 13.0 Å². The molecule has 0 amide bonds. The van der Waals surface area contributed by atoms with Gasteiger partial charge in [-0.2, -0.15) is 0 Å². The number of ether oxygens (including phenoxy) is 4. The molecule has 1 heterocycles. The van der Waals surface area contributed by atoms with E-state index in [0.29, 0.717) is 13.0 Å². The van der Waals surface area contributed by atoms with E-state index in [1.54, 1.807) is 0 Å². The van der Waals surface area contributed by atoms with Crippen LogP contribution >= 0.6 is 0 Å². The molecule has 9 heteroatoms. The van der Waals surface area contributed by atoms with Gasteiger partial charge < -0.3 is 39.4 Å². The number of hydrogen-bond acceptors (Lipinski definition) is 9. The Kier molecular flexibility index (Phi) is 50.7. The van der Waals surface area contributed by atoms with E-state index in [0.717, 1.165) is 51.4 Å². The van der Waals surface area contributed by atoms with Crippen LogP contribution in [0.25, 0.3) is 0 Å². The van der Waals surface area contributed by atoms with Crippen LogP contribution in [-0.4, -0.2) is 89.6 Å². The summed E-state index contributed by atoms with van der Waals surface area (Å²) in [5.74, 6) is -0.314. The average molecular weight is 1020 g/mol. The van der Waals surface area contributed by atoms with Crippen LogP contribution in [-0.2, 0) is 23.7 Å². The van der Waals surface area contributed by atoms with Gasteiger partial charge in [-0.05, 0) is 83.5 Å². The van der Waals surface area contributed by atoms with Gasteiger partial charge in [0.1, 0.15) is 30.5 Å². The molecule has 0 bridgehead atoms. The van der Waals surface area contributed by atoms with Crippen LogP contribution in [0.5, 0.6) is 0 Å². The third kappa shape index (κ3) is 43.2. The number of hydrogen-bond donors (Lipinski definition) is 4. The number of carbonyl (C=O) groups excluding carboxylic acids is 1. The fraction of sp³-hybridized carbons (Fsp3) is 0.825. The summed E-state index contributed by atoms with van der Waals surface area (Å²) in [5, 5.41) is 40.4. The van der Waals surface area contributed by atoms with E-state index in [4.69, 9.17) is 18.9 Å². The van der Waals surface area contributed by atoms with Gasteiger partial charge in [-0.25, -0.2) is 0 Å². The molecule has 0 spiro atoms. The Balaban J connectivity index is 2.14. The normalized spacial score (nSPS) is 19.1. The fourth-order valence-electron chi connectivity index (χ4n) is 9.18. The molecule has 0 radical (unpaired) electrons. The third-order valence-electron chi connectivity index (χ3n) is 13.9. The summed E-state index contributed by atoms with van der Waals surface area (Å²) in [4.78, 5) is 12.9. The zero-order chi connectivity index (χ0) is 52.1. The lowest BCUT2D eigenvalue weighted by Crippen LogP contribution is -2.59. The van der Waals surface area contributed by atoms with Gasteiger partial charge in [-0.1, -0.05) is 242 Å². The van der Waals surface area contributed by atoms with Crippen molar-refractivity contribution < 1.29 is 44.2 Å². The van der Waals surface area contributed by atoms with Crippen LogP contribution in [0.3, 0.4) is 0 Å².